The van der Waals surface area contributed by atoms with Crippen LogP contribution < -0.4 is 0 Å². The van der Waals surface area contributed by atoms with Crippen LogP contribution in [0.25, 0.3) is 11.1 Å². The third-order valence-corrected chi connectivity index (χ3v) is 3.03. The molecular weight excluding hydrogens is 256 g/mol. The van der Waals surface area contributed by atoms with Gasteiger partial charge in [-0.05, 0) is 32.4 Å². The predicted molar refractivity (Wildman–Crippen MR) is 75.7 cm³/mol. The maximum absolute atomic E-state index is 10.7. The molecule has 0 aliphatic heterocycles. The molecule has 0 atom stereocenters. The summed E-state index contributed by atoms with van der Waals surface area (Å²) in [6.45, 7) is 6.16. The number of rotatable bonds is 3. The lowest BCUT2D eigenvalue weighted by Crippen LogP contribution is -2.21. The molecule has 0 amide bonds. The van der Waals surface area contributed by atoms with Crippen LogP contribution in [-0.2, 0) is 16.8 Å². The van der Waals surface area contributed by atoms with Gasteiger partial charge in [-0.25, -0.2) is 0 Å². The van der Waals surface area contributed by atoms with E-state index in [2.05, 4.69) is 25.9 Å². The summed E-state index contributed by atoms with van der Waals surface area (Å²) in [6.07, 6.45) is 3.45. The SMILES string of the molecule is CC(C)(C)n1cc(-c2ccc(CC(=O)O)c(O)c2)cn1. The lowest BCUT2D eigenvalue weighted by Gasteiger charge is -2.18. The fraction of sp³-hybridized carbons (Fsp3) is 0.333. The third-order valence-electron chi connectivity index (χ3n) is 3.03. The number of hydrogen-bond donors (Lipinski definition) is 2. The average Bonchev–Trinajstić information content (AvgIpc) is 2.80. The van der Waals surface area contributed by atoms with Crippen molar-refractivity contribution in [2.75, 3.05) is 0 Å². The van der Waals surface area contributed by atoms with Crippen LogP contribution in [0, 0.1) is 0 Å². The second-order valence-corrected chi connectivity index (χ2v) is 5.76. The molecule has 0 bridgehead atoms. The van der Waals surface area contributed by atoms with Crippen molar-refractivity contribution < 1.29 is 15.0 Å². The van der Waals surface area contributed by atoms with Gasteiger partial charge in [-0.15, -0.1) is 0 Å². The molecule has 20 heavy (non-hydrogen) atoms. The van der Waals surface area contributed by atoms with Crippen molar-refractivity contribution in [3.63, 3.8) is 0 Å². The van der Waals surface area contributed by atoms with Gasteiger partial charge in [0.05, 0.1) is 18.2 Å². The third kappa shape index (κ3) is 2.99. The van der Waals surface area contributed by atoms with Crippen LogP contribution in [0.4, 0.5) is 0 Å². The number of benzene rings is 1. The lowest BCUT2D eigenvalue weighted by molar-refractivity contribution is -0.136. The molecule has 1 aromatic carbocycles. The van der Waals surface area contributed by atoms with Crippen LogP contribution in [0.5, 0.6) is 5.75 Å². The number of carbonyl (C=O) groups is 1. The largest absolute Gasteiger partial charge is 0.508 e. The molecule has 0 aliphatic rings. The van der Waals surface area contributed by atoms with Gasteiger partial charge in [0.1, 0.15) is 5.75 Å². The lowest BCUT2D eigenvalue weighted by atomic mass is 10.0. The first-order valence-electron chi connectivity index (χ1n) is 6.36. The molecule has 1 heterocycles. The fourth-order valence-corrected chi connectivity index (χ4v) is 1.89. The minimum Gasteiger partial charge on any atom is -0.508 e. The van der Waals surface area contributed by atoms with Crippen LogP contribution >= 0.6 is 0 Å². The highest BCUT2D eigenvalue weighted by Gasteiger charge is 2.15. The molecule has 2 aromatic rings. The highest BCUT2D eigenvalue weighted by Crippen LogP contribution is 2.27. The first kappa shape index (κ1) is 14.1. The molecule has 0 saturated carbocycles. The van der Waals surface area contributed by atoms with Crippen molar-refractivity contribution in [3.05, 3.63) is 36.2 Å². The quantitative estimate of drug-likeness (QED) is 0.902. The van der Waals surface area contributed by atoms with E-state index in [1.54, 1.807) is 24.4 Å². The zero-order chi connectivity index (χ0) is 14.9. The van der Waals surface area contributed by atoms with Crippen molar-refractivity contribution >= 4 is 5.97 Å². The predicted octanol–water partition coefficient (Wildman–Crippen LogP) is 2.64. The van der Waals surface area contributed by atoms with E-state index in [0.717, 1.165) is 11.1 Å². The molecular formula is C15H18N2O3. The molecule has 1 aromatic heterocycles. The summed E-state index contributed by atoms with van der Waals surface area (Å²) < 4.78 is 1.85. The Kier molecular flexibility index (Phi) is 3.53. The summed E-state index contributed by atoms with van der Waals surface area (Å²) in [6, 6.07) is 5.00. The second kappa shape index (κ2) is 5.00. The summed E-state index contributed by atoms with van der Waals surface area (Å²) in [5.41, 5.74) is 2.00. The van der Waals surface area contributed by atoms with Crippen molar-refractivity contribution in [1.29, 1.82) is 0 Å². The molecule has 0 fully saturated rings. The van der Waals surface area contributed by atoms with Crippen molar-refractivity contribution in [3.8, 4) is 16.9 Å². The molecule has 5 heteroatoms. The molecule has 0 unspecified atom stereocenters. The first-order chi connectivity index (χ1) is 9.27. The number of carboxylic acid groups (broad SMARTS) is 1. The molecule has 2 rings (SSSR count). The highest BCUT2D eigenvalue weighted by atomic mass is 16.4. The Bertz CT molecular complexity index is 639. The molecule has 0 saturated heterocycles. The summed E-state index contributed by atoms with van der Waals surface area (Å²) in [4.78, 5) is 10.7. The fourth-order valence-electron chi connectivity index (χ4n) is 1.89. The van der Waals surface area contributed by atoms with E-state index >= 15 is 0 Å². The number of phenols is 1. The second-order valence-electron chi connectivity index (χ2n) is 5.76. The number of aromatic nitrogens is 2. The molecule has 0 aliphatic carbocycles. The Morgan fingerprint density at radius 2 is 2.00 bits per heavy atom. The van der Waals surface area contributed by atoms with Gasteiger partial charge in [-0.1, -0.05) is 12.1 Å². The number of carboxylic acids is 1. The van der Waals surface area contributed by atoms with Gasteiger partial charge >= 0.3 is 5.97 Å². The van der Waals surface area contributed by atoms with E-state index in [1.807, 2.05) is 10.9 Å². The average molecular weight is 274 g/mol. The van der Waals surface area contributed by atoms with Gasteiger partial charge < -0.3 is 10.2 Å². The standard InChI is InChI=1S/C15H18N2O3/c1-15(2,3)17-9-12(8-16-17)10-4-5-11(7-14(19)20)13(18)6-10/h4-6,8-9,18H,7H2,1-3H3,(H,19,20). The van der Waals surface area contributed by atoms with E-state index in [9.17, 15) is 9.90 Å². The zero-order valence-electron chi connectivity index (χ0n) is 11.8. The van der Waals surface area contributed by atoms with E-state index in [0.29, 0.717) is 5.56 Å². The van der Waals surface area contributed by atoms with E-state index in [1.165, 1.54) is 0 Å². The summed E-state index contributed by atoms with van der Waals surface area (Å²) in [5, 5.41) is 22.9. The number of aromatic hydroxyl groups is 1. The maximum Gasteiger partial charge on any atom is 0.307 e. The minimum atomic E-state index is -0.964. The number of nitrogens with zero attached hydrogens (tertiary/aromatic N) is 2. The van der Waals surface area contributed by atoms with Crippen molar-refractivity contribution in [2.45, 2.75) is 32.7 Å². The van der Waals surface area contributed by atoms with Crippen LogP contribution in [0.2, 0.25) is 0 Å². The van der Waals surface area contributed by atoms with Crippen molar-refractivity contribution in [1.82, 2.24) is 9.78 Å². The molecule has 106 valence electrons. The van der Waals surface area contributed by atoms with E-state index in [-0.39, 0.29) is 17.7 Å². The normalized spacial score (nSPS) is 11.6. The zero-order valence-corrected chi connectivity index (χ0v) is 11.8. The summed E-state index contributed by atoms with van der Waals surface area (Å²) >= 11 is 0. The minimum absolute atomic E-state index is 0.00610. The first-order valence-corrected chi connectivity index (χ1v) is 6.36. The van der Waals surface area contributed by atoms with Gasteiger partial charge in [-0.3, -0.25) is 9.48 Å². The van der Waals surface area contributed by atoms with Gasteiger partial charge in [0, 0.05) is 17.3 Å². The number of phenolic OH excluding ortho intramolecular Hbond substituents is 1. The molecule has 2 N–H and O–H groups in total. The smallest absolute Gasteiger partial charge is 0.307 e. The number of aliphatic carboxylic acids is 1. The molecule has 5 nitrogen and oxygen atoms in total. The Hall–Kier alpha value is -2.30. The van der Waals surface area contributed by atoms with Crippen molar-refractivity contribution in [2.24, 2.45) is 0 Å². The highest BCUT2D eigenvalue weighted by molar-refractivity contribution is 5.73. The summed E-state index contributed by atoms with van der Waals surface area (Å²) in [7, 11) is 0. The Balaban J connectivity index is 2.32. The van der Waals surface area contributed by atoms with Gasteiger partial charge in [0.2, 0.25) is 0 Å². The van der Waals surface area contributed by atoms with Gasteiger partial charge in [0.15, 0.2) is 0 Å². The summed E-state index contributed by atoms with van der Waals surface area (Å²) in [5.74, 6) is -0.970. The molecule has 0 radical (unpaired) electrons. The topological polar surface area (TPSA) is 75.4 Å². The Labute approximate surface area is 117 Å². The van der Waals surface area contributed by atoms with E-state index in [4.69, 9.17) is 5.11 Å². The number of hydrogen-bond acceptors (Lipinski definition) is 3. The Morgan fingerprint density at radius 1 is 1.30 bits per heavy atom. The Morgan fingerprint density at radius 3 is 2.50 bits per heavy atom. The van der Waals surface area contributed by atoms with Gasteiger partial charge in [0.25, 0.3) is 0 Å². The van der Waals surface area contributed by atoms with E-state index < -0.39 is 5.97 Å². The maximum atomic E-state index is 10.7. The van der Waals surface area contributed by atoms with Gasteiger partial charge in [-0.2, -0.15) is 5.10 Å². The van der Waals surface area contributed by atoms with Crippen LogP contribution in [0.15, 0.2) is 30.6 Å². The van der Waals surface area contributed by atoms with Crippen LogP contribution in [0.3, 0.4) is 0 Å². The molecule has 0 spiro atoms. The van der Waals surface area contributed by atoms with Crippen LogP contribution in [0.1, 0.15) is 26.3 Å². The monoisotopic (exact) mass is 274 g/mol. The van der Waals surface area contributed by atoms with Crippen LogP contribution in [-0.4, -0.2) is 26.0 Å².